The Morgan fingerprint density at radius 1 is 1.44 bits per heavy atom. The molecule has 1 heterocycles. The topological polar surface area (TPSA) is 15.3 Å². The van der Waals surface area contributed by atoms with Crippen molar-refractivity contribution in [2.24, 2.45) is 11.3 Å². The van der Waals surface area contributed by atoms with Crippen molar-refractivity contribution in [2.75, 3.05) is 32.7 Å². The van der Waals surface area contributed by atoms with E-state index in [4.69, 9.17) is 6.42 Å². The Kier molecular flexibility index (Phi) is 5.09. The van der Waals surface area contributed by atoms with Crippen LogP contribution < -0.4 is 5.32 Å². The Hall–Kier alpha value is -0.520. The molecular formula is C16H28N2. The molecule has 0 amide bonds. The summed E-state index contributed by atoms with van der Waals surface area (Å²) >= 11 is 0. The first-order chi connectivity index (χ1) is 8.78. The molecule has 1 unspecified atom stereocenters. The lowest BCUT2D eigenvalue weighted by atomic mass is 9.76. The fraction of sp³-hybridized carbons (Fsp3) is 0.875. The molecule has 1 saturated heterocycles. The monoisotopic (exact) mass is 248 g/mol. The average molecular weight is 248 g/mol. The van der Waals surface area contributed by atoms with Crippen LogP contribution in [0.5, 0.6) is 0 Å². The van der Waals surface area contributed by atoms with Gasteiger partial charge in [-0.2, -0.15) is 0 Å². The molecule has 2 aliphatic rings. The van der Waals surface area contributed by atoms with Crippen molar-refractivity contribution in [1.82, 2.24) is 10.2 Å². The van der Waals surface area contributed by atoms with Crippen molar-refractivity contribution in [3.8, 4) is 12.3 Å². The summed E-state index contributed by atoms with van der Waals surface area (Å²) in [5, 5.41) is 3.60. The van der Waals surface area contributed by atoms with Crippen LogP contribution in [-0.2, 0) is 0 Å². The lowest BCUT2D eigenvalue weighted by molar-refractivity contribution is 0.111. The first kappa shape index (κ1) is 13.9. The fourth-order valence-electron chi connectivity index (χ4n) is 3.44. The van der Waals surface area contributed by atoms with E-state index in [0.29, 0.717) is 5.41 Å². The van der Waals surface area contributed by atoms with Gasteiger partial charge in [0.25, 0.3) is 0 Å². The van der Waals surface area contributed by atoms with E-state index >= 15 is 0 Å². The first-order valence-electron chi connectivity index (χ1n) is 7.64. The maximum Gasteiger partial charge on any atom is 0.0599 e. The minimum atomic E-state index is 0.485. The standard InChI is InChI=1S/C16H28N2/c1-3-8-16(9-5-10-17-13-16)14-18(11-4-2)12-15-6-7-15/h2,15,17H,3,5-14H2,1H3. The van der Waals surface area contributed by atoms with Gasteiger partial charge in [0, 0.05) is 19.6 Å². The summed E-state index contributed by atoms with van der Waals surface area (Å²) in [5.41, 5.74) is 0.485. The van der Waals surface area contributed by atoms with Crippen LogP contribution in [0.4, 0.5) is 0 Å². The smallest absolute Gasteiger partial charge is 0.0599 e. The van der Waals surface area contributed by atoms with Crippen molar-refractivity contribution in [1.29, 1.82) is 0 Å². The SMILES string of the molecule is C#CCN(CC1CC1)CC1(CCC)CCCNC1. The number of hydrogen-bond acceptors (Lipinski definition) is 2. The molecule has 18 heavy (non-hydrogen) atoms. The highest BCUT2D eigenvalue weighted by Gasteiger charge is 2.34. The Bertz CT molecular complexity index is 276. The van der Waals surface area contributed by atoms with E-state index < -0.39 is 0 Å². The number of hydrogen-bond donors (Lipinski definition) is 1. The van der Waals surface area contributed by atoms with Crippen LogP contribution in [0.2, 0.25) is 0 Å². The lowest BCUT2D eigenvalue weighted by Crippen LogP contribution is -2.48. The number of nitrogens with one attached hydrogen (secondary N) is 1. The molecule has 0 bridgehead atoms. The van der Waals surface area contributed by atoms with Crippen molar-refractivity contribution in [3.05, 3.63) is 0 Å². The highest BCUT2D eigenvalue weighted by Crippen LogP contribution is 2.35. The van der Waals surface area contributed by atoms with E-state index in [1.54, 1.807) is 0 Å². The molecule has 1 aliphatic carbocycles. The van der Waals surface area contributed by atoms with Crippen molar-refractivity contribution < 1.29 is 0 Å². The zero-order valence-corrected chi connectivity index (χ0v) is 11.9. The third-order valence-electron chi connectivity index (χ3n) is 4.43. The molecule has 0 aromatic carbocycles. The Morgan fingerprint density at radius 2 is 2.28 bits per heavy atom. The maximum absolute atomic E-state index is 5.54. The van der Waals surface area contributed by atoms with Gasteiger partial charge < -0.3 is 5.32 Å². The lowest BCUT2D eigenvalue weighted by Gasteiger charge is -2.41. The predicted molar refractivity (Wildman–Crippen MR) is 77.4 cm³/mol. The van der Waals surface area contributed by atoms with Gasteiger partial charge in [0.05, 0.1) is 6.54 Å². The van der Waals surface area contributed by atoms with E-state index in [-0.39, 0.29) is 0 Å². The maximum atomic E-state index is 5.54. The molecule has 2 nitrogen and oxygen atoms in total. The van der Waals surface area contributed by atoms with Crippen molar-refractivity contribution in [2.45, 2.75) is 45.4 Å². The molecule has 2 rings (SSSR count). The Labute approximate surface area is 113 Å². The molecule has 102 valence electrons. The van der Waals surface area contributed by atoms with E-state index in [2.05, 4.69) is 23.1 Å². The fourth-order valence-corrected chi connectivity index (χ4v) is 3.44. The van der Waals surface area contributed by atoms with Gasteiger partial charge in [-0.15, -0.1) is 6.42 Å². The summed E-state index contributed by atoms with van der Waals surface area (Å²) in [4.78, 5) is 2.54. The molecule has 0 radical (unpaired) electrons. The summed E-state index contributed by atoms with van der Waals surface area (Å²) in [6.07, 6.45) is 13.7. The number of piperidine rings is 1. The predicted octanol–water partition coefficient (Wildman–Crippen LogP) is 2.50. The van der Waals surface area contributed by atoms with E-state index in [1.807, 2.05) is 0 Å². The Balaban J connectivity index is 1.93. The molecule has 2 heteroatoms. The summed E-state index contributed by atoms with van der Waals surface area (Å²) in [5.74, 6) is 3.79. The molecule has 1 N–H and O–H groups in total. The summed E-state index contributed by atoms with van der Waals surface area (Å²) < 4.78 is 0. The van der Waals surface area contributed by atoms with Gasteiger partial charge in [0.1, 0.15) is 0 Å². The summed E-state index contributed by atoms with van der Waals surface area (Å²) in [6, 6.07) is 0. The molecule has 2 fully saturated rings. The largest absolute Gasteiger partial charge is 0.316 e. The van der Waals surface area contributed by atoms with Gasteiger partial charge in [0.15, 0.2) is 0 Å². The molecule has 0 aromatic heterocycles. The van der Waals surface area contributed by atoms with Crippen LogP contribution in [0.3, 0.4) is 0 Å². The minimum absolute atomic E-state index is 0.485. The van der Waals surface area contributed by atoms with Crippen LogP contribution in [0.1, 0.15) is 45.4 Å². The zero-order chi connectivity index (χ0) is 12.8. The third kappa shape index (κ3) is 4.00. The number of rotatable bonds is 7. The molecule has 1 atom stereocenters. The van der Waals surface area contributed by atoms with Gasteiger partial charge in [-0.1, -0.05) is 19.3 Å². The molecule has 1 saturated carbocycles. The Morgan fingerprint density at radius 3 is 2.83 bits per heavy atom. The molecular weight excluding hydrogens is 220 g/mol. The second-order valence-electron chi connectivity index (χ2n) is 6.35. The van der Waals surface area contributed by atoms with Gasteiger partial charge in [-0.3, -0.25) is 4.90 Å². The van der Waals surface area contributed by atoms with Crippen molar-refractivity contribution in [3.63, 3.8) is 0 Å². The zero-order valence-electron chi connectivity index (χ0n) is 11.9. The van der Waals surface area contributed by atoms with Gasteiger partial charge in [-0.25, -0.2) is 0 Å². The third-order valence-corrected chi connectivity index (χ3v) is 4.43. The number of nitrogens with zero attached hydrogens (tertiary/aromatic N) is 1. The summed E-state index contributed by atoms with van der Waals surface area (Å²) in [6.45, 7) is 7.96. The molecule has 0 spiro atoms. The second-order valence-corrected chi connectivity index (χ2v) is 6.35. The first-order valence-corrected chi connectivity index (χ1v) is 7.64. The van der Waals surface area contributed by atoms with Gasteiger partial charge >= 0.3 is 0 Å². The summed E-state index contributed by atoms with van der Waals surface area (Å²) in [7, 11) is 0. The van der Waals surface area contributed by atoms with Crippen LogP contribution in [0.15, 0.2) is 0 Å². The number of terminal acetylenes is 1. The van der Waals surface area contributed by atoms with Gasteiger partial charge in [-0.05, 0) is 50.0 Å². The van der Waals surface area contributed by atoms with Crippen LogP contribution in [-0.4, -0.2) is 37.6 Å². The minimum Gasteiger partial charge on any atom is -0.316 e. The van der Waals surface area contributed by atoms with Crippen LogP contribution in [0, 0.1) is 23.7 Å². The van der Waals surface area contributed by atoms with Crippen molar-refractivity contribution >= 4 is 0 Å². The van der Waals surface area contributed by atoms with Crippen LogP contribution >= 0.6 is 0 Å². The van der Waals surface area contributed by atoms with E-state index in [1.165, 1.54) is 64.7 Å². The van der Waals surface area contributed by atoms with Gasteiger partial charge in [0.2, 0.25) is 0 Å². The highest BCUT2D eigenvalue weighted by molar-refractivity contribution is 4.94. The van der Waals surface area contributed by atoms with E-state index in [0.717, 1.165) is 12.5 Å². The highest BCUT2D eigenvalue weighted by atomic mass is 15.1. The van der Waals surface area contributed by atoms with E-state index in [9.17, 15) is 0 Å². The molecule has 0 aromatic rings. The quantitative estimate of drug-likeness (QED) is 0.696. The second kappa shape index (κ2) is 6.59. The normalized spacial score (nSPS) is 28.3. The molecule has 1 aliphatic heterocycles. The van der Waals surface area contributed by atoms with Crippen LogP contribution in [0.25, 0.3) is 0 Å². The average Bonchev–Trinajstić information content (AvgIpc) is 3.14.